The molecule has 1 amide bonds. The van der Waals surface area contributed by atoms with Gasteiger partial charge >= 0.3 is 0 Å². The predicted octanol–water partition coefficient (Wildman–Crippen LogP) is 4.37. The van der Waals surface area contributed by atoms with Crippen LogP contribution in [0.3, 0.4) is 0 Å². The molecule has 5 heteroatoms. The van der Waals surface area contributed by atoms with Crippen molar-refractivity contribution in [3.8, 4) is 11.5 Å². The van der Waals surface area contributed by atoms with Gasteiger partial charge in [0, 0.05) is 5.69 Å². The summed E-state index contributed by atoms with van der Waals surface area (Å²) in [5.41, 5.74) is 2.78. The fraction of sp³-hybridized carbons (Fsp3) is 0.278. The van der Waals surface area contributed by atoms with Gasteiger partial charge in [0.1, 0.15) is 11.5 Å². The highest BCUT2D eigenvalue weighted by atomic mass is 35.5. The third kappa shape index (κ3) is 4.63. The van der Waals surface area contributed by atoms with Gasteiger partial charge in [-0.1, -0.05) is 17.7 Å². The van der Waals surface area contributed by atoms with Crippen molar-refractivity contribution in [2.45, 2.75) is 26.9 Å². The highest BCUT2D eigenvalue weighted by Gasteiger charge is 2.16. The Labute approximate surface area is 141 Å². The van der Waals surface area contributed by atoms with Gasteiger partial charge in [-0.3, -0.25) is 4.79 Å². The highest BCUT2D eigenvalue weighted by Crippen LogP contribution is 2.27. The first-order valence-electron chi connectivity index (χ1n) is 7.28. The summed E-state index contributed by atoms with van der Waals surface area (Å²) in [6, 6.07) is 10.9. The number of nitrogens with one attached hydrogen (secondary N) is 1. The number of methoxy groups -OCH3 is 1. The summed E-state index contributed by atoms with van der Waals surface area (Å²) in [5.74, 6) is 0.993. The Balaban J connectivity index is 2.03. The zero-order valence-electron chi connectivity index (χ0n) is 13.6. The molecule has 0 aromatic heterocycles. The summed E-state index contributed by atoms with van der Waals surface area (Å²) in [5, 5.41) is 3.22. The number of halogens is 1. The minimum atomic E-state index is -0.628. The molecule has 0 aliphatic heterocycles. The van der Waals surface area contributed by atoms with Crippen LogP contribution in [0.4, 0.5) is 5.69 Å². The Kier molecular flexibility index (Phi) is 5.50. The first-order valence-corrected chi connectivity index (χ1v) is 7.66. The van der Waals surface area contributed by atoms with Crippen molar-refractivity contribution >= 4 is 23.2 Å². The van der Waals surface area contributed by atoms with Crippen LogP contribution in [0, 0.1) is 13.8 Å². The first kappa shape index (κ1) is 17.2. The van der Waals surface area contributed by atoms with Gasteiger partial charge in [-0.15, -0.1) is 0 Å². The maximum Gasteiger partial charge on any atom is 0.265 e. The molecule has 2 aromatic carbocycles. The van der Waals surface area contributed by atoms with Gasteiger partial charge < -0.3 is 14.8 Å². The maximum absolute atomic E-state index is 12.2. The second-order valence-electron chi connectivity index (χ2n) is 5.42. The number of carbonyl (C=O) groups is 1. The molecule has 0 unspecified atom stereocenters. The van der Waals surface area contributed by atoms with Gasteiger partial charge in [0.05, 0.1) is 12.1 Å². The first-order chi connectivity index (χ1) is 10.9. The van der Waals surface area contributed by atoms with Crippen LogP contribution in [0.1, 0.15) is 18.1 Å². The predicted molar refractivity (Wildman–Crippen MR) is 92.6 cm³/mol. The van der Waals surface area contributed by atoms with E-state index in [2.05, 4.69) is 11.4 Å². The van der Waals surface area contributed by atoms with Crippen LogP contribution >= 0.6 is 11.6 Å². The zero-order chi connectivity index (χ0) is 17.0. The van der Waals surface area contributed by atoms with Crippen molar-refractivity contribution in [2.24, 2.45) is 0 Å². The van der Waals surface area contributed by atoms with Crippen LogP contribution in [-0.4, -0.2) is 19.1 Å². The van der Waals surface area contributed by atoms with Crippen LogP contribution in [0.25, 0.3) is 0 Å². The standard InChI is InChI=1S/C18H20ClNO3/c1-11-7-12(2)9-15(8-11)23-13(3)18(21)20-14-5-6-17(22-4)16(19)10-14/h5-10,13H,1-4H3,(H,20,21)/t13-/m1/s1. The Morgan fingerprint density at radius 1 is 1.13 bits per heavy atom. The van der Waals surface area contributed by atoms with Crippen LogP contribution in [0.15, 0.2) is 36.4 Å². The Bertz CT molecular complexity index is 695. The molecule has 0 heterocycles. The lowest BCUT2D eigenvalue weighted by Crippen LogP contribution is -2.30. The van der Waals surface area contributed by atoms with Crippen LogP contribution in [0.2, 0.25) is 5.02 Å². The van der Waals surface area contributed by atoms with Crippen molar-refractivity contribution in [1.29, 1.82) is 0 Å². The molecule has 23 heavy (non-hydrogen) atoms. The number of rotatable bonds is 5. The molecule has 0 bridgehead atoms. The number of hydrogen-bond acceptors (Lipinski definition) is 3. The molecule has 0 aliphatic carbocycles. The molecule has 1 N–H and O–H groups in total. The molecule has 0 spiro atoms. The molecule has 0 aliphatic rings. The van der Waals surface area contributed by atoms with Crippen molar-refractivity contribution in [2.75, 3.05) is 12.4 Å². The molecule has 0 saturated heterocycles. The van der Waals surface area contributed by atoms with E-state index in [0.717, 1.165) is 11.1 Å². The molecule has 2 rings (SSSR count). The second-order valence-corrected chi connectivity index (χ2v) is 5.83. The monoisotopic (exact) mass is 333 g/mol. The topological polar surface area (TPSA) is 47.6 Å². The fourth-order valence-corrected chi connectivity index (χ4v) is 2.50. The molecular formula is C18H20ClNO3. The van der Waals surface area contributed by atoms with Gasteiger partial charge in [0.25, 0.3) is 5.91 Å². The lowest BCUT2D eigenvalue weighted by Gasteiger charge is -2.16. The molecular weight excluding hydrogens is 314 g/mol. The average Bonchev–Trinajstić information content (AvgIpc) is 2.46. The minimum Gasteiger partial charge on any atom is -0.495 e. The normalized spacial score (nSPS) is 11.7. The van der Waals surface area contributed by atoms with E-state index in [1.54, 1.807) is 32.2 Å². The minimum absolute atomic E-state index is 0.245. The number of hydrogen-bond donors (Lipinski definition) is 1. The van der Waals surface area contributed by atoms with Crippen LogP contribution < -0.4 is 14.8 Å². The molecule has 0 radical (unpaired) electrons. The van der Waals surface area contributed by atoms with Crippen molar-refractivity contribution in [3.05, 3.63) is 52.5 Å². The van der Waals surface area contributed by atoms with Crippen LogP contribution in [-0.2, 0) is 4.79 Å². The second kappa shape index (κ2) is 7.38. The van der Waals surface area contributed by atoms with Gasteiger partial charge in [-0.2, -0.15) is 0 Å². The third-order valence-corrected chi connectivity index (χ3v) is 3.59. The number of amides is 1. The summed E-state index contributed by atoms with van der Waals surface area (Å²) < 4.78 is 10.8. The molecule has 2 aromatic rings. The summed E-state index contributed by atoms with van der Waals surface area (Å²) in [4.78, 5) is 12.2. The van der Waals surface area contributed by atoms with Gasteiger partial charge in [0.2, 0.25) is 0 Å². The summed E-state index contributed by atoms with van der Waals surface area (Å²) in [6.45, 7) is 5.69. The number of aryl methyl sites for hydroxylation is 2. The van der Waals surface area contributed by atoms with Crippen molar-refractivity contribution in [3.63, 3.8) is 0 Å². The molecule has 122 valence electrons. The Morgan fingerprint density at radius 3 is 2.35 bits per heavy atom. The highest BCUT2D eigenvalue weighted by molar-refractivity contribution is 6.32. The quantitative estimate of drug-likeness (QED) is 0.883. The van der Waals surface area contributed by atoms with Crippen molar-refractivity contribution in [1.82, 2.24) is 0 Å². The van der Waals surface area contributed by atoms with Gasteiger partial charge in [0.15, 0.2) is 6.10 Å². The molecule has 4 nitrogen and oxygen atoms in total. The van der Waals surface area contributed by atoms with E-state index in [-0.39, 0.29) is 5.91 Å². The third-order valence-electron chi connectivity index (χ3n) is 3.30. The van der Waals surface area contributed by atoms with E-state index < -0.39 is 6.10 Å². The number of benzene rings is 2. The van der Waals surface area contributed by atoms with Crippen molar-refractivity contribution < 1.29 is 14.3 Å². The SMILES string of the molecule is COc1ccc(NC(=O)[C@@H](C)Oc2cc(C)cc(C)c2)cc1Cl. The van der Waals surface area contributed by atoms with E-state index in [0.29, 0.717) is 22.2 Å². The van der Waals surface area contributed by atoms with E-state index in [9.17, 15) is 4.79 Å². The number of ether oxygens (including phenoxy) is 2. The smallest absolute Gasteiger partial charge is 0.265 e. The fourth-order valence-electron chi connectivity index (χ4n) is 2.25. The van der Waals surface area contributed by atoms with E-state index in [1.165, 1.54) is 0 Å². The lowest BCUT2D eigenvalue weighted by molar-refractivity contribution is -0.122. The summed E-state index contributed by atoms with van der Waals surface area (Å²) >= 11 is 6.05. The van der Waals surface area contributed by atoms with E-state index in [1.807, 2.05) is 26.0 Å². The molecule has 1 atom stereocenters. The molecule has 0 fully saturated rings. The van der Waals surface area contributed by atoms with Crippen LogP contribution in [0.5, 0.6) is 11.5 Å². The Hall–Kier alpha value is -2.20. The summed E-state index contributed by atoms with van der Waals surface area (Å²) in [7, 11) is 1.54. The largest absolute Gasteiger partial charge is 0.495 e. The van der Waals surface area contributed by atoms with Gasteiger partial charge in [-0.05, 0) is 62.2 Å². The summed E-state index contributed by atoms with van der Waals surface area (Å²) in [6.07, 6.45) is -0.628. The zero-order valence-corrected chi connectivity index (χ0v) is 14.4. The molecule has 0 saturated carbocycles. The lowest BCUT2D eigenvalue weighted by atomic mass is 10.1. The van der Waals surface area contributed by atoms with Gasteiger partial charge in [-0.25, -0.2) is 0 Å². The Morgan fingerprint density at radius 2 is 1.78 bits per heavy atom. The van der Waals surface area contributed by atoms with E-state index in [4.69, 9.17) is 21.1 Å². The van der Waals surface area contributed by atoms with E-state index >= 15 is 0 Å². The maximum atomic E-state index is 12.2. The number of carbonyl (C=O) groups excluding carboxylic acids is 1. The average molecular weight is 334 g/mol. The number of anilines is 1.